The van der Waals surface area contributed by atoms with E-state index in [-0.39, 0.29) is 5.91 Å². The van der Waals surface area contributed by atoms with E-state index in [4.69, 9.17) is 4.42 Å². The van der Waals surface area contributed by atoms with Gasteiger partial charge in [-0.15, -0.1) is 0 Å². The highest BCUT2D eigenvalue weighted by molar-refractivity contribution is 5.90. The van der Waals surface area contributed by atoms with E-state index < -0.39 is 6.10 Å². The largest absolute Gasteiger partial charge is 0.466 e. The highest BCUT2D eigenvalue weighted by Crippen LogP contribution is 2.23. The molecular weight excluding hydrogens is 314 g/mol. The van der Waals surface area contributed by atoms with Crippen molar-refractivity contribution in [2.45, 2.75) is 32.8 Å². The number of rotatable bonds is 6. The van der Waals surface area contributed by atoms with E-state index in [9.17, 15) is 9.90 Å². The molecule has 4 nitrogen and oxygen atoms in total. The van der Waals surface area contributed by atoms with Gasteiger partial charge in [0, 0.05) is 12.1 Å². The van der Waals surface area contributed by atoms with E-state index in [1.165, 1.54) is 0 Å². The van der Waals surface area contributed by atoms with Gasteiger partial charge in [-0.2, -0.15) is 0 Å². The number of hydrogen-bond donors (Lipinski definition) is 2. The fourth-order valence-electron chi connectivity index (χ4n) is 3.17. The molecular formula is C21H23NO3. The van der Waals surface area contributed by atoms with Gasteiger partial charge in [0.1, 0.15) is 11.5 Å². The number of nitrogens with one attached hydrogen (secondary N) is 1. The molecule has 0 fully saturated rings. The number of carbonyl (C=O) groups excluding carboxylic acids is 1. The van der Waals surface area contributed by atoms with Crippen LogP contribution in [0.4, 0.5) is 0 Å². The van der Waals surface area contributed by atoms with Crippen LogP contribution in [0.15, 0.2) is 52.9 Å². The van der Waals surface area contributed by atoms with Crippen LogP contribution in [-0.4, -0.2) is 17.6 Å². The normalized spacial score (nSPS) is 12.3. The Kier molecular flexibility index (Phi) is 5.19. The van der Waals surface area contributed by atoms with Crippen molar-refractivity contribution in [1.29, 1.82) is 0 Å². The van der Waals surface area contributed by atoms with Crippen LogP contribution in [0.1, 0.15) is 35.2 Å². The van der Waals surface area contributed by atoms with Crippen molar-refractivity contribution in [3.8, 4) is 0 Å². The van der Waals surface area contributed by atoms with E-state index in [2.05, 4.69) is 5.32 Å². The van der Waals surface area contributed by atoms with Crippen LogP contribution in [0.2, 0.25) is 0 Å². The minimum Gasteiger partial charge on any atom is -0.466 e. The SMILES string of the molecule is Cc1cc(C(O)CCNC(=O)Cc2cccc3ccccc23)c(C)o1. The molecule has 130 valence electrons. The van der Waals surface area contributed by atoms with Crippen molar-refractivity contribution >= 4 is 16.7 Å². The zero-order valence-electron chi connectivity index (χ0n) is 14.6. The van der Waals surface area contributed by atoms with Gasteiger partial charge in [-0.3, -0.25) is 4.79 Å². The lowest BCUT2D eigenvalue weighted by Crippen LogP contribution is -2.27. The number of aryl methyl sites for hydroxylation is 2. The lowest BCUT2D eigenvalue weighted by Gasteiger charge is -2.11. The predicted molar refractivity (Wildman–Crippen MR) is 98.4 cm³/mol. The number of aliphatic hydroxyl groups excluding tert-OH is 1. The van der Waals surface area contributed by atoms with E-state index >= 15 is 0 Å². The van der Waals surface area contributed by atoms with Crippen molar-refractivity contribution in [2.75, 3.05) is 6.54 Å². The summed E-state index contributed by atoms with van der Waals surface area (Å²) in [4.78, 5) is 12.2. The molecule has 0 saturated heterocycles. The number of carbonyl (C=O) groups is 1. The summed E-state index contributed by atoms with van der Waals surface area (Å²) < 4.78 is 5.44. The maximum absolute atomic E-state index is 12.2. The molecule has 3 aromatic rings. The van der Waals surface area contributed by atoms with Gasteiger partial charge in [0.05, 0.1) is 12.5 Å². The van der Waals surface area contributed by atoms with Crippen molar-refractivity contribution in [1.82, 2.24) is 5.32 Å². The first kappa shape index (κ1) is 17.2. The average molecular weight is 337 g/mol. The second-order valence-corrected chi connectivity index (χ2v) is 6.34. The monoisotopic (exact) mass is 337 g/mol. The zero-order valence-corrected chi connectivity index (χ0v) is 14.6. The van der Waals surface area contributed by atoms with Gasteiger partial charge in [-0.1, -0.05) is 42.5 Å². The van der Waals surface area contributed by atoms with Crippen molar-refractivity contribution < 1.29 is 14.3 Å². The lowest BCUT2D eigenvalue weighted by molar-refractivity contribution is -0.120. The standard InChI is InChI=1S/C21H23NO3/c1-14-12-19(15(2)25-14)20(23)10-11-22-21(24)13-17-8-5-7-16-6-3-4-9-18(16)17/h3-9,12,20,23H,10-11,13H2,1-2H3,(H,22,24). The molecule has 0 aliphatic rings. The number of aliphatic hydroxyl groups is 1. The molecule has 1 atom stereocenters. The first-order valence-electron chi connectivity index (χ1n) is 8.53. The molecule has 2 aromatic carbocycles. The molecule has 0 radical (unpaired) electrons. The minimum absolute atomic E-state index is 0.0383. The van der Waals surface area contributed by atoms with Gasteiger partial charge in [-0.25, -0.2) is 0 Å². The second kappa shape index (κ2) is 7.53. The highest BCUT2D eigenvalue weighted by Gasteiger charge is 2.15. The van der Waals surface area contributed by atoms with Gasteiger partial charge >= 0.3 is 0 Å². The summed E-state index contributed by atoms with van der Waals surface area (Å²) in [5.41, 5.74) is 1.80. The molecule has 2 N–H and O–H groups in total. The molecule has 0 aliphatic heterocycles. The molecule has 25 heavy (non-hydrogen) atoms. The van der Waals surface area contributed by atoms with E-state index in [1.807, 2.05) is 62.4 Å². The second-order valence-electron chi connectivity index (χ2n) is 6.34. The molecule has 0 spiro atoms. The van der Waals surface area contributed by atoms with Gasteiger partial charge in [0.2, 0.25) is 5.91 Å². The summed E-state index contributed by atoms with van der Waals surface area (Å²) in [6, 6.07) is 15.9. The fourth-order valence-corrected chi connectivity index (χ4v) is 3.17. The Labute approximate surface area is 147 Å². The number of benzene rings is 2. The van der Waals surface area contributed by atoms with Gasteiger partial charge in [0.25, 0.3) is 0 Å². The molecule has 1 heterocycles. The van der Waals surface area contributed by atoms with Crippen LogP contribution in [-0.2, 0) is 11.2 Å². The predicted octanol–water partition coefficient (Wildman–Crippen LogP) is 3.83. The maximum atomic E-state index is 12.2. The first-order valence-corrected chi connectivity index (χ1v) is 8.53. The summed E-state index contributed by atoms with van der Waals surface area (Å²) in [6.45, 7) is 4.12. The third kappa shape index (κ3) is 4.09. The molecule has 0 saturated carbocycles. The summed E-state index contributed by atoms with van der Waals surface area (Å²) in [6.07, 6.45) is 0.165. The number of hydrogen-bond acceptors (Lipinski definition) is 3. The van der Waals surface area contributed by atoms with Crippen LogP contribution in [0.25, 0.3) is 10.8 Å². The fraction of sp³-hybridized carbons (Fsp3) is 0.286. The Hall–Kier alpha value is -2.59. The van der Waals surface area contributed by atoms with Crippen LogP contribution in [0.3, 0.4) is 0 Å². The Balaban J connectivity index is 1.55. The third-order valence-electron chi connectivity index (χ3n) is 4.41. The molecule has 4 heteroatoms. The summed E-state index contributed by atoms with van der Waals surface area (Å²) in [5.74, 6) is 1.47. The van der Waals surface area contributed by atoms with E-state index in [0.29, 0.717) is 19.4 Å². The Bertz CT molecular complexity index is 876. The van der Waals surface area contributed by atoms with Crippen molar-refractivity contribution in [2.24, 2.45) is 0 Å². The van der Waals surface area contributed by atoms with Gasteiger partial charge < -0.3 is 14.8 Å². The van der Waals surface area contributed by atoms with Crippen molar-refractivity contribution in [3.05, 3.63) is 71.2 Å². The molecule has 0 bridgehead atoms. The summed E-state index contributed by atoms with van der Waals surface area (Å²) in [5, 5.41) is 15.4. The number of furan rings is 1. The molecule has 1 aromatic heterocycles. The maximum Gasteiger partial charge on any atom is 0.224 e. The molecule has 1 amide bonds. The van der Waals surface area contributed by atoms with Crippen LogP contribution in [0.5, 0.6) is 0 Å². The van der Waals surface area contributed by atoms with Crippen LogP contribution < -0.4 is 5.32 Å². The topological polar surface area (TPSA) is 62.5 Å². The first-order chi connectivity index (χ1) is 12.0. The number of amides is 1. The smallest absolute Gasteiger partial charge is 0.224 e. The third-order valence-corrected chi connectivity index (χ3v) is 4.41. The Morgan fingerprint density at radius 1 is 1.16 bits per heavy atom. The van der Waals surface area contributed by atoms with Gasteiger partial charge in [0.15, 0.2) is 0 Å². The summed E-state index contributed by atoms with van der Waals surface area (Å²) >= 11 is 0. The molecule has 0 aliphatic carbocycles. The molecule has 3 rings (SSSR count). The quantitative estimate of drug-likeness (QED) is 0.718. The Morgan fingerprint density at radius 2 is 1.92 bits per heavy atom. The van der Waals surface area contributed by atoms with E-state index in [1.54, 1.807) is 0 Å². The number of fused-ring (bicyclic) bond motifs is 1. The van der Waals surface area contributed by atoms with Crippen molar-refractivity contribution in [3.63, 3.8) is 0 Å². The van der Waals surface area contributed by atoms with Crippen LogP contribution >= 0.6 is 0 Å². The molecule has 1 unspecified atom stereocenters. The summed E-state index contributed by atoms with van der Waals surface area (Å²) in [7, 11) is 0. The lowest BCUT2D eigenvalue weighted by atomic mass is 10.0. The Morgan fingerprint density at radius 3 is 2.68 bits per heavy atom. The zero-order chi connectivity index (χ0) is 17.8. The van der Waals surface area contributed by atoms with Crippen LogP contribution in [0, 0.1) is 13.8 Å². The minimum atomic E-state index is -0.629. The average Bonchev–Trinajstić information content (AvgIpc) is 2.93. The highest BCUT2D eigenvalue weighted by atomic mass is 16.3. The van der Waals surface area contributed by atoms with Gasteiger partial charge in [-0.05, 0) is 42.7 Å². The van der Waals surface area contributed by atoms with E-state index in [0.717, 1.165) is 33.4 Å².